The van der Waals surface area contributed by atoms with Crippen molar-refractivity contribution in [3.63, 3.8) is 0 Å². The third-order valence-electron chi connectivity index (χ3n) is 1.22. The molecule has 0 spiro atoms. The number of carbonyl (C=O) groups is 1. The molecule has 11 heavy (non-hydrogen) atoms. The second kappa shape index (κ2) is 1.71. The summed E-state index contributed by atoms with van der Waals surface area (Å²) in [4.78, 5) is 10.6. The highest BCUT2D eigenvalue weighted by Crippen LogP contribution is 2.37. The molecule has 1 amide bonds. The first-order valence-corrected chi connectivity index (χ1v) is 2.86. The van der Waals surface area contributed by atoms with Crippen LogP contribution in [0.2, 0.25) is 0 Å². The Balaban J connectivity index is 1.93. The second-order valence-corrected chi connectivity index (χ2v) is 1.93. The fraction of sp³-hybridized carbons (Fsp3) is 0.400. The number of hydrogen-bond donors (Lipinski definition) is 1. The molecule has 3 aliphatic rings. The van der Waals surface area contributed by atoms with Crippen LogP contribution in [-0.4, -0.2) is 19.3 Å². The lowest BCUT2D eigenvalue weighted by Gasteiger charge is -2.32. The first-order valence-electron chi connectivity index (χ1n) is 2.86. The van der Waals surface area contributed by atoms with E-state index >= 15 is 0 Å². The summed E-state index contributed by atoms with van der Waals surface area (Å²) < 4.78 is 18.7. The van der Waals surface area contributed by atoms with Crippen LogP contribution >= 0.6 is 0 Å². The SMILES string of the molecule is COC(=O)NC12OC=C(O1)O2. The predicted molar refractivity (Wildman–Crippen MR) is 29.6 cm³/mol. The average Bonchev–Trinajstić information content (AvgIpc) is 2.45. The zero-order chi connectivity index (χ0) is 7.90. The van der Waals surface area contributed by atoms with Gasteiger partial charge < -0.3 is 18.9 Å². The van der Waals surface area contributed by atoms with Gasteiger partial charge in [0.1, 0.15) is 0 Å². The number of ether oxygens (including phenoxy) is 4. The van der Waals surface area contributed by atoms with Gasteiger partial charge in [0.15, 0.2) is 6.26 Å². The van der Waals surface area contributed by atoms with Crippen molar-refractivity contribution in [2.75, 3.05) is 7.11 Å². The Morgan fingerprint density at radius 1 is 1.73 bits per heavy atom. The third-order valence-corrected chi connectivity index (χ3v) is 1.22. The van der Waals surface area contributed by atoms with Gasteiger partial charge >= 0.3 is 18.1 Å². The lowest BCUT2D eigenvalue weighted by Crippen LogP contribution is -2.56. The van der Waals surface area contributed by atoms with Crippen LogP contribution in [0.3, 0.4) is 0 Å². The van der Waals surface area contributed by atoms with Crippen molar-refractivity contribution < 1.29 is 23.7 Å². The third kappa shape index (κ3) is 0.754. The molecule has 3 rings (SSSR count). The minimum Gasteiger partial charge on any atom is -0.453 e. The van der Waals surface area contributed by atoms with Gasteiger partial charge in [-0.15, -0.1) is 0 Å². The van der Waals surface area contributed by atoms with E-state index in [0.29, 0.717) is 0 Å². The molecule has 1 N–H and O–H groups in total. The minimum absolute atomic E-state index is 0.251. The minimum atomic E-state index is -1.46. The molecule has 0 aromatic rings. The van der Waals surface area contributed by atoms with Crippen molar-refractivity contribution in [2.45, 2.75) is 6.10 Å². The fourth-order valence-corrected chi connectivity index (χ4v) is 0.751. The van der Waals surface area contributed by atoms with Crippen LogP contribution < -0.4 is 5.32 Å². The Morgan fingerprint density at radius 2 is 2.45 bits per heavy atom. The van der Waals surface area contributed by atoms with E-state index in [1.54, 1.807) is 0 Å². The Bertz CT molecular complexity index is 222. The van der Waals surface area contributed by atoms with E-state index in [1.165, 1.54) is 13.4 Å². The maximum Gasteiger partial charge on any atom is 0.527 e. The summed E-state index contributed by atoms with van der Waals surface area (Å²) in [6, 6.07) is 0. The monoisotopic (exact) mass is 159 g/mol. The number of methoxy groups -OCH3 is 1. The Kier molecular flexibility index (Phi) is 0.957. The number of hydrogen-bond acceptors (Lipinski definition) is 5. The molecule has 0 aromatic heterocycles. The van der Waals surface area contributed by atoms with Gasteiger partial charge in [-0.3, -0.25) is 0 Å². The molecule has 0 atom stereocenters. The van der Waals surface area contributed by atoms with E-state index in [-0.39, 0.29) is 5.95 Å². The second-order valence-electron chi connectivity index (χ2n) is 1.93. The Labute approximate surface area is 61.7 Å². The van der Waals surface area contributed by atoms with Crippen LogP contribution in [-0.2, 0) is 18.9 Å². The molecule has 60 valence electrons. The highest BCUT2D eigenvalue weighted by molar-refractivity contribution is 5.67. The Hall–Kier alpha value is -1.59. The van der Waals surface area contributed by atoms with Crippen LogP contribution in [0.25, 0.3) is 0 Å². The molecule has 3 aliphatic heterocycles. The van der Waals surface area contributed by atoms with Gasteiger partial charge in [0.25, 0.3) is 0 Å². The number of fused-ring (bicyclic) bond motifs is 1. The maximum atomic E-state index is 10.6. The summed E-state index contributed by atoms with van der Waals surface area (Å²) in [5, 5.41) is 2.19. The zero-order valence-electron chi connectivity index (χ0n) is 5.62. The van der Waals surface area contributed by atoms with Crippen LogP contribution in [0.1, 0.15) is 0 Å². The van der Waals surface area contributed by atoms with E-state index in [2.05, 4.69) is 10.1 Å². The van der Waals surface area contributed by atoms with E-state index in [1.807, 2.05) is 0 Å². The van der Waals surface area contributed by atoms with E-state index in [9.17, 15) is 4.79 Å². The van der Waals surface area contributed by atoms with Crippen molar-refractivity contribution in [2.24, 2.45) is 0 Å². The summed E-state index contributed by atoms with van der Waals surface area (Å²) in [7, 11) is 1.23. The number of nitrogens with one attached hydrogen (secondary N) is 1. The number of alkyl carbamates (subject to hydrolysis) is 1. The molecule has 6 heteroatoms. The Morgan fingerprint density at radius 3 is 2.91 bits per heavy atom. The molecule has 0 radical (unpaired) electrons. The molecule has 2 bridgehead atoms. The van der Waals surface area contributed by atoms with E-state index < -0.39 is 12.2 Å². The highest BCUT2D eigenvalue weighted by Gasteiger charge is 2.57. The van der Waals surface area contributed by atoms with Crippen molar-refractivity contribution in [3.05, 3.63) is 12.2 Å². The standard InChI is InChI=1S/C5H5NO5/c1-8-4(7)6-5-9-2-3(10-5)11-5/h2H,1H3,(H,6,7). The van der Waals surface area contributed by atoms with Crippen molar-refractivity contribution >= 4 is 6.09 Å². The fourth-order valence-electron chi connectivity index (χ4n) is 0.751. The zero-order valence-corrected chi connectivity index (χ0v) is 5.62. The topological polar surface area (TPSA) is 66.0 Å². The van der Waals surface area contributed by atoms with Crippen molar-refractivity contribution in [1.82, 2.24) is 5.32 Å². The number of rotatable bonds is 1. The van der Waals surface area contributed by atoms with E-state index in [4.69, 9.17) is 14.2 Å². The average molecular weight is 159 g/mol. The van der Waals surface area contributed by atoms with Gasteiger partial charge in [0, 0.05) is 0 Å². The molecule has 1 fully saturated rings. The molecule has 1 saturated heterocycles. The summed E-state index contributed by atoms with van der Waals surface area (Å²) in [5.41, 5.74) is 0. The van der Waals surface area contributed by atoms with Crippen LogP contribution in [0, 0.1) is 0 Å². The molecule has 0 saturated carbocycles. The highest BCUT2D eigenvalue weighted by atomic mass is 17.0. The van der Waals surface area contributed by atoms with Crippen LogP contribution in [0.4, 0.5) is 4.79 Å². The van der Waals surface area contributed by atoms with E-state index in [0.717, 1.165) is 0 Å². The van der Waals surface area contributed by atoms with Gasteiger partial charge in [-0.1, -0.05) is 0 Å². The first kappa shape index (κ1) is 6.14. The molecular weight excluding hydrogens is 154 g/mol. The summed E-state index contributed by atoms with van der Waals surface area (Å²) in [5.74, 6) is 0.251. The predicted octanol–water partition coefficient (Wildman–Crippen LogP) is -0.170. The molecular formula is C5H5NO5. The summed E-state index contributed by atoms with van der Waals surface area (Å²) in [6.45, 7) is 0. The first-order chi connectivity index (χ1) is 5.24. The molecule has 3 heterocycles. The van der Waals surface area contributed by atoms with Crippen molar-refractivity contribution in [1.29, 1.82) is 0 Å². The number of carbonyl (C=O) groups excluding carboxylic acids is 1. The molecule has 0 aromatic carbocycles. The lowest BCUT2D eigenvalue weighted by molar-refractivity contribution is -0.413. The van der Waals surface area contributed by atoms with Gasteiger partial charge in [-0.05, 0) is 0 Å². The summed E-state index contributed by atoms with van der Waals surface area (Å²) in [6.07, 6.45) is -0.877. The van der Waals surface area contributed by atoms with Crippen molar-refractivity contribution in [3.8, 4) is 0 Å². The van der Waals surface area contributed by atoms with Crippen LogP contribution in [0.15, 0.2) is 12.2 Å². The van der Waals surface area contributed by atoms with Crippen LogP contribution in [0.5, 0.6) is 0 Å². The quantitative estimate of drug-likeness (QED) is 0.575. The van der Waals surface area contributed by atoms with Gasteiger partial charge in [0.2, 0.25) is 0 Å². The molecule has 0 aliphatic carbocycles. The largest absolute Gasteiger partial charge is 0.527 e. The number of amides is 1. The maximum absolute atomic E-state index is 10.6. The smallest absolute Gasteiger partial charge is 0.453 e. The summed E-state index contributed by atoms with van der Waals surface area (Å²) >= 11 is 0. The van der Waals surface area contributed by atoms with Gasteiger partial charge in [-0.2, -0.15) is 0 Å². The van der Waals surface area contributed by atoms with Gasteiger partial charge in [0.05, 0.1) is 7.11 Å². The van der Waals surface area contributed by atoms with Gasteiger partial charge in [-0.25, -0.2) is 10.1 Å². The normalized spacial score (nSPS) is 21.4. The molecule has 0 unspecified atom stereocenters. The lowest BCUT2D eigenvalue weighted by atomic mass is 10.8. The molecule has 6 nitrogen and oxygen atoms in total.